The number of phosphoric acid groups is 2. The normalized spacial score (nSPS) is 21.9. The minimum absolute atomic E-state index is 0.0565. The summed E-state index contributed by atoms with van der Waals surface area (Å²) in [5.74, 6) is -2.42. The van der Waals surface area contributed by atoms with Gasteiger partial charge in [-0.15, -0.1) is 0 Å². The number of carbonyl (C=O) groups excluding carboxylic acids is 5. The lowest BCUT2D eigenvalue weighted by Crippen LogP contribution is -2.67. The summed E-state index contributed by atoms with van der Waals surface area (Å²) in [4.78, 5) is 110. The first-order chi connectivity index (χ1) is 49.5. The smallest absolute Gasteiger partial charge is 0.462 e. The van der Waals surface area contributed by atoms with Crippen LogP contribution in [0.15, 0.2) is 12.2 Å². The predicted octanol–water partition coefficient (Wildman–Crippen LogP) is 15.4. The van der Waals surface area contributed by atoms with Gasteiger partial charge in [0.05, 0.1) is 38.8 Å². The summed E-state index contributed by atoms with van der Waals surface area (Å²) in [7, 11) is -9.66. The molecule has 2 amide bonds. The highest BCUT2D eigenvalue weighted by molar-refractivity contribution is 7.46. The molecule has 2 heterocycles. The molecule has 0 aliphatic carbocycles. The number of allylic oxidation sites excluding steroid dienone is 2. The van der Waals surface area contributed by atoms with Crippen LogP contribution in [0.1, 0.15) is 337 Å². The van der Waals surface area contributed by atoms with Gasteiger partial charge >= 0.3 is 21.6 Å². The number of hydrogen-bond acceptors (Lipinski definition) is 18. The lowest BCUT2D eigenvalue weighted by Gasteiger charge is -2.47. The van der Waals surface area contributed by atoms with Gasteiger partial charge in [0.2, 0.25) is 11.8 Å². The Bertz CT molecular complexity index is 2310. The van der Waals surface area contributed by atoms with Crippen LogP contribution in [0.25, 0.3) is 0 Å². The van der Waals surface area contributed by atoms with Crippen LogP contribution in [0, 0.1) is 5.92 Å². The second-order valence-electron chi connectivity index (χ2n) is 29.1. The maximum Gasteiger partial charge on any atom is 0.472 e. The van der Waals surface area contributed by atoms with Crippen molar-refractivity contribution < 1.29 is 105 Å². The third-order valence-corrected chi connectivity index (χ3v) is 20.4. The second kappa shape index (κ2) is 60.2. The number of rotatable bonds is 68. The molecular weight excluding hydrogens is 1370 g/mol. The maximum atomic E-state index is 14.3. The Balaban J connectivity index is 2.66. The molecule has 2 aliphatic rings. The number of ketones is 2. The van der Waals surface area contributed by atoms with Crippen molar-refractivity contribution >= 4 is 45.0 Å². The maximum absolute atomic E-state index is 14.3. The Kier molecular flexibility index (Phi) is 56.4. The summed E-state index contributed by atoms with van der Waals surface area (Å²) in [6, 6.07) is -3.26. The molecule has 13 atom stereocenters. The summed E-state index contributed by atoms with van der Waals surface area (Å²) in [5.41, 5.74) is 0. The predicted molar refractivity (Wildman–Crippen MR) is 400 cm³/mol. The van der Waals surface area contributed by atoms with Crippen LogP contribution >= 0.6 is 15.6 Å². The van der Waals surface area contributed by atoms with E-state index in [1.165, 1.54) is 32.8 Å². The molecule has 0 bridgehead atoms. The summed E-state index contributed by atoms with van der Waals surface area (Å²) in [5, 5.41) is 28.9. The van der Waals surface area contributed by atoms with Gasteiger partial charge in [0, 0.05) is 39.4 Å². The molecule has 0 radical (unpaired) electrons. The van der Waals surface area contributed by atoms with E-state index < -0.39 is 133 Å². The number of Topliss-reactive ketones (excluding diaryl/α,β-unsaturated/α-hetero) is 2. The highest BCUT2D eigenvalue weighted by Gasteiger charge is 2.53. The number of hydrogen-bond donors (Lipinski definition) is 8. The fraction of sp³-hybridized carbons (Fsp3) is 0.909. The quantitative estimate of drug-likeness (QED) is 0.00922. The molecule has 2 aliphatic heterocycles. The van der Waals surface area contributed by atoms with Gasteiger partial charge in [-0.25, -0.2) is 9.13 Å². The Morgan fingerprint density at radius 3 is 1.39 bits per heavy atom. The van der Waals surface area contributed by atoms with Crippen molar-refractivity contribution in [3.05, 3.63) is 12.2 Å². The van der Waals surface area contributed by atoms with Gasteiger partial charge in [0.1, 0.15) is 66.4 Å². The van der Waals surface area contributed by atoms with Crippen molar-refractivity contribution in [3.8, 4) is 0 Å². The first kappa shape index (κ1) is 96.5. The van der Waals surface area contributed by atoms with E-state index in [-0.39, 0.29) is 56.9 Å². The zero-order chi connectivity index (χ0) is 75.9. The molecule has 26 heteroatoms. The first-order valence-corrected chi connectivity index (χ1v) is 43.5. The van der Waals surface area contributed by atoms with Crippen molar-refractivity contribution in [2.24, 2.45) is 5.92 Å². The van der Waals surface area contributed by atoms with Gasteiger partial charge in [0.15, 0.2) is 12.6 Å². The van der Waals surface area contributed by atoms with Gasteiger partial charge in [0.25, 0.3) is 0 Å². The summed E-state index contributed by atoms with van der Waals surface area (Å²) >= 11 is 0. The number of esters is 1. The van der Waals surface area contributed by atoms with Crippen molar-refractivity contribution in [2.45, 2.75) is 410 Å². The van der Waals surface area contributed by atoms with Crippen molar-refractivity contribution in [1.29, 1.82) is 0 Å². The van der Waals surface area contributed by atoms with E-state index in [1.54, 1.807) is 0 Å². The van der Waals surface area contributed by atoms with Crippen LogP contribution in [0.3, 0.4) is 0 Å². The summed E-state index contributed by atoms with van der Waals surface area (Å²) in [6.07, 6.45) is 26.3. The zero-order valence-corrected chi connectivity index (χ0v) is 66.4. The van der Waals surface area contributed by atoms with E-state index in [0.717, 1.165) is 186 Å². The number of carbonyl (C=O) groups is 5. The lowest BCUT2D eigenvalue weighted by molar-refractivity contribution is -0.301. The van der Waals surface area contributed by atoms with E-state index in [2.05, 4.69) is 64.3 Å². The molecule has 0 saturated carbocycles. The van der Waals surface area contributed by atoms with E-state index in [1.807, 2.05) is 0 Å². The number of aliphatic hydroxyl groups excluding tert-OH is 2. The average Bonchev–Trinajstić information content (AvgIpc) is 0.785. The number of phosphoric ester groups is 2. The van der Waals surface area contributed by atoms with Gasteiger partial charge in [-0.2, -0.15) is 0 Å². The highest BCUT2D eigenvalue weighted by Crippen LogP contribution is 2.44. The number of aliphatic hydroxyl groups is 2. The van der Waals surface area contributed by atoms with Crippen molar-refractivity contribution in [3.63, 3.8) is 0 Å². The second-order valence-corrected chi connectivity index (χ2v) is 31.5. The monoisotopic (exact) mass is 1510 g/mol. The minimum atomic E-state index is -5.52. The average molecular weight is 1510 g/mol. The Morgan fingerprint density at radius 1 is 0.466 bits per heavy atom. The zero-order valence-electron chi connectivity index (χ0n) is 64.6. The van der Waals surface area contributed by atoms with Crippen LogP contribution < -0.4 is 10.6 Å². The van der Waals surface area contributed by atoms with Gasteiger partial charge in [-0.3, -0.25) is 33.0 Å². The van der Waals surface area contributed by atoms with Crippen LogP contribution in [0.4, 0.5) is 0 Å². The molecule has 2 unspecified atom stereocenters. The summed E-state index contributed by atoms with van der Waals surface area (Å²) < 4.78 is 80.1. The molecule has 0 aromatic carbocycles. The molecular formula is C77H144N2O22P2. The minimum Gasteiger partial charge on any atom is -0.462 e. The largest absolute Gasteiger partial charge is 0.472 e. The molecule has 0 aromatic rings. The van der Waals surface area contributed by atoms with Gasteiger partial charge in [-0.05, 0) is 63.7 Å². The standard InChI is InChI=1S/C77H144N2O22P2/c1-8-13-18-22-26-28-32-35-41-48-62(81)56-67(83)78-70-74(94-54-52-61(80)47-40-34-30-24-20-15-10-3)72(86)65(98-77(70)101-103(90,91)92)59-96-76-71(79-68(84)57-63(82)49-42-36-33-29-27-23-19-14-9-2)75(73(100-102(87,88)89)66(99-76)58-93-7)95-55-53-64(50-43-37-31-25-21-16-11-4)97-69(85)51-44-38-39-46-60(6)45-17-12-5/h39,46,60-61,64-66,70-77,80,86H,8-38,40-45,47-59H2,1-7H3,(H,78,83)(H,79,84)(H2,87,88,89)(H2,90,91,92)/b46-39+/t60?,61-,64-,65?,66-,70-,71-,72-,73-,74-,75-,76-,77-/m1/s1. The van der Waals surface area contributed by atoms with E-state index in [0.29, 0.717) is 44.4 Å². The SMILES string of the molecule is CCCCCCCCCCCC(=O)CC(=O)N[C@H]1[C@H](OCC2O[C@H](OP(=O)(O)O)[C@H](NC(=O)CC(=O)CCCCCCCCCCC)[C@@H](OCC[C@H](O)CCCCCCCCC)[C@@H]2O)O[C@H](COC)[C@@H](OP(=O)(O)O)[C@@H]1OCC[C@@H](CCCCCCCCC)OC(=O)CCC/C=C/C(C)CCCC. The fourth-order valence-corrected chi connectivity index (χ4v) is 14.4. The Labute approximate surface area is 620 Å². The number of unbranched alkanes of at least 4 members (excludes halogenated alkanes) is 30. The lowest BCUT2D eigenvalue weighted by atomic mass is 9.95. The van der Waals surface area contributed by atoms with E-state index in [9.17, 15) is 62.9 Å². The molecule has 0 aromatic heterocycles. The topological polar surface area (TPSA) is 348 Å². The Hall–Kier alpha value is -2.61. The molecule has 2 fully saturated rings. The number of ether oxygens (including phenoxy) is 7. The van der Waals surface area contributed by atoms with Crippen molar-refractivity contribution in [1.82, 2.24) is 10.6 Å². The van der Waals surface area contributed by atoms with Crippen molar-refractivity contribution in [2.75, 3.05) is 33.5 Å². The van der Waals surface area contributed by atoms with Crippen LogP contribution in [0.5, 0.6) is 0 Å². The molecule has 604 valence electrons. The van der Waals surface area contributed by atoms with Crippen LogP contribution in [-0.4, -0.2) is 166 Å². The van der Waals surface area contributed by atoms with Gasteiger partial charge in [-0.1, -0.05) is 253 Å². The highest BCUT2D eigenvalue weighted by atomic mass is 31.2. The number of methoxy groups -OCH3 is 1. The van der Waals surface area contributed by atoms with Gasteiger partial charge < -0.3 is 73.6 Å². The van der Waals surface area contributed by atoms with Crippen LogP contribution in [0.2, 0.25) is 0 Å². The van der Waals surface area contributed by atoms with E-state index >= 15 is 0 Å². The molecule has 103 heavy (non-hydrogen) atoms. The number of nitrogens with one attached hydrogen (secondary N) is 2. The van der Waals surface area contributed by atoms with Crippen LogP contribution in [-0.2, 0) is 75.3 Å². The third-order valence-electron chi connectivity index (χ3n) is 19.4. The number of amides is 2. The molecule has 2 saturated heterocycles. The first-order valence-electron chi connectivity index (χ1n) is 40.5. The summed E-state index contributed by atoms with van der Waals surface area (Å²) in [6.45, 7) is 11.3. The Morgan fingerprint density at radius 2 is 0.903 bits per heavy atom. The molecule has 8 N–H and O–H groups in total. The van der Waals surface area contributed by atoms with E-state index in [4.69, 9.17) is 42.2 Å². The molecule has 0 spiro atoms. The molecule has 24 nitrogen and oxygen atoms in total. The third kappa shape index (κ3) is 48.5. The molecule has 2 rings (SSSR count). The fourth-order valence-electron chi connectivity index (χ4n) is 13.4.